The Hall–Kier alpha value is -0.130. The Bertz CT molecular complexity index is 288. The average molecular weight is 234 g/mol. The zero-order valence-electron chi connectivity index (χ0n) is 9.86. The fourth-order valence-corrected chi connectivity index (χ4v) is 2.68. The molecular weight excluding hydrogens is 212 g/mol. The standard InChI is InChI=1S/C10H22N2O2S/c1-4-12-7-5-6-10(12)8-11-15(13,14)9(2)3/h9-11H,4-8H2,1-3H3. The number of likely N-dealkylation sites (tertiary alicyclic amines) is 1. The van der Waals surface area contributed by atoms with Gasteiger partial charge in [-0.1, -0.05) is 6.92 Å². The number of rotatable bonds is 5. The zero-order chi connectivity index (χ0) is 11.5. The summed E-state index contributed by atoms with van der Waals surface area (Å²) in [5.41, 5.74) is 0. The summed E-state index contributed by atoms with van der Waals surface area (Å²) in [4.78, 5) is 2.34. The summed E-state index contributed by atoms with van der Waals surface area (Å²) >= 11 is 0. The highest BCUT2D eigenvalue weighted by Crippen LogP contribution is 2.15. The minimum atomic E-state index is -3.09. The molecule has 1 aliphatic heterocycles. The van der Waals surface area contributed by atoms with Crippen molar-refractivity contribution in [3.8, 4) is 0 Å². The van der Waals surface area contributed by atoms with Crippen LogP contribution in [0.4, 0.5) is 0 Å². The maximum absolute atomic E-state index is 11.6. The Morgan fingerprint density at radius 1 is 1.47 bits per heavy atom. The Morgan fingerprint density at radius 2 is 2.13 bits per heavy atom. The van der Waals surface area contributed by atoms with E-state index in [-0.39, 0.29) is 5.25 Å². The number of nitrogens with zero attached hydrogens (tertiary/aromatic N) is 1. The fraction of sp³-hybridized carbons (Fsp3) is 1.00. The monoisotopic (exact) mass is 234 g/mol. The van der Waals surface area contributed by atoms with E-state index in [9.17, 15) is 8.42 Å². The molecule has 15 heavy (non-hydrogen) atoms. The second-order valence-corrected chi connectivity index (χ2v) is 6.69. The topological polar surface area (TPSA) is 49.4 Å². The van der Waals surface area contributed by atoms with E-state index in [1.807, 2.05) is 0 Å². The maximum atomic E-state index is 11.6. The third-order valence-corrected chi connectivity index (χ3v) is 4.86. The first-order valence-corrected chi connectivity index (χ1v) is 7.24. The van der Waals surface area contributed by atoms with Crippen molar-refractivity contribution in [1.29, 1.82) is 0 Å². The van der Waals surface area contributed by atoms with Gasteiger partial charge in [0, 0.05) is 12.6 Å². The van der Waals surface area contributed by atoms with Gasteiger partial charge in [0.2, 0.25) is 10.0 Å². The molecule has 1 atom stereocenters. The van der Waals surface area contributed by atoms with Crippen molar-refractivity contribution in [2.45, 2.75) is 44.9 Å². The lowest BCUT2D eigenvalue weighted by Crippen LogP contribution is -2.42. The quantitative estimate of drug-likeness (QED) is 0.765. The third-order valence-electron chi connectivity index (χ3n) is 3.05. The van der Waals surface area contributed by atoms with Crippen LogP contribution in [-0.4, -0.2) is 44.2 Å². The molecule has 1 fully saturated rings. The summed E-state index contributed by atoms with van der Waals surface area (Å²) in [5, 5.41) is -0.339. The van der Waals surface area contributed by atoms with Crippen LogP contribution >= 0.6 is 0 Å². The number of sulfonamides is 1. The molecule has 90 valence electrons. The SMILES string of the molecule is CCN1CCCC1CNS(=O)(=O)C(C)C. The zero-order valence-corrected chi connectivity index (χ0v) is 10.7. The van der Waals surface area contributed by atoms with Gasteiger partial charge in [0.15, 0.2) is 0 Å². The largest absolute Gasteiger partial charge is 0.299 e. The predicted molar refractivity (Wildman–Crippen MR) is 62.3 cm³/mol. The predicted octanol–water partition coefficient (Wildman–Crippen LogP) is 0.798. The van der Waals surface area contributed by atoms with E-state index in [0.29, 0.717) is 12.6 Å². The van der Waals surface area contributed by atoms with E-state index >= 15 is 0 Å². The minimum Gasteiger partial charge on any atom is -0.299 e. The molecule has 1 unspecified atom stereocenters. The Balaban J connectivity index is 2.43. The first-order chi connectivity index (χ1) is 6.97. The van der Waals surface area contributed by atoms with E-state index in [1.54, 1.807) is 13.8 Å². The van der Waals surface area contributed by atoms with Crippen LogP contribution < -0.4 is 4.72 Å². The van der Waals surface area contributed by atoms with Gasteiger partial charge in [-0.25, -0.2) is 13.1 Å². The Labute approximate surface area is 93.1 Å². The Kier molecular flexibility index (Phi) is 4.55. The van der Waals surface area contributed by atoms with E-state index in [2.05, 4.69) is 16.5 Å². The molecule has 5 heteroatoms. The van der Waals surface area contributed by atoms with Gasteiger partial charge in [-0.05, 0) is 39.8 Å². The van der Waals surface area contributed by atoms with Crippen LogP contribution in [-0.2, 0) is 10.0 Å². The molecular formula is C10H22N2O2S. The van der Waals surface area contributed by atoms with Crippen LogP contribution in [0.2, 0.25) is 0 Å². The number of nitrogens with one attached hydrogen (secondary N) is 1. The number of likely N-dealkylation sites (N-methyl/N-ethyl adjacent to an activating group) is 1. The molecule has 1 N–H and O–H groups in total. The van der Waals surface area contributed by atoms with Crippen LogP contribution in [0.25, 0.3) is 0 Å². The second-order valence-electron chi connectivity index (χ2n) is 4.37. The van der Waals surface area contributed by atoms with Crippen molar-refractivity contribution in [1.82, 2.24) is 9.62 Å². The van der Waals surface area contributed by atoms with Crippen molar-refractivity contribution >= 4 is 10.0 Å². The molecule has 0 aromatic heterocycles. The summed E-state index contributed by atoms with van der Waals surface area (Å²) in [6, 6.07) is 0.392. The molecule has 0 saturated carbocycles. The van der Waals surface area contributed by atoms with Gasteiger partial charge in [0.05, 0.1) is 5.25 Å². The molecule has 0 radical (unpaired) electrons. The second kappa shape index (κ2) is 5.27. The molecule has 0 aromatic carbocycles. The van der Waals surface area contributed by atoms with Crippen LogP contribution in [0, 0.1) is 0 Å². The van der Waals surface area contributed by atoms with Crippen molar-refractivity contribution in [3.63, 3.8) is 0 Å². The van der Waals surface area contributed by atoms with Crippen LogP contribution in [0.3, 0.4) is 0 Å². The molecule has 0 amide bonds. The summed E-state index contributed by atoms with van der Waals surface area (Å²) in [7, 11) is -3.09. The van der Waals surface area contributed by atoms with E-state index in [1.165, 1.54) is 6.42 Å². The lowest BCUT2D eigenvalue weighted by Gasteiger charge is -2.23. The summed E-state index contributed by atoms with van der Waals surface area (Å²) in [5.74, 6) is 0. The van der Waals surface area contributed by atoms with E-state index in [0.717, 1.165) is 19.5 Å². The van der Waals surface area contributed by atoms with Crippen molar-refractivity contribution < 1.29 is 8.42 Å². The van der Waals surface area contributed by atoms with Gasteiger partial charge in [-0.15, -0.1) is 0 Å². The molecule has 4 nitrogen and oxygen atoms in total. The van der Waals surface area contributed by atoms with Gasteiger partial charge < -0.3 is 0 Å². The van der Waals surface area contributed by atoms with Crippen molar-refractivity contribution in [3.05, 3.63) is 0 Å². The van der Waals surface area contributed by atoms with Crippen molar-refractivity contribution in [2.75, 3.05) is 19.6 Å². The van der Waals surface area contributed by atoms with Gasteiger partial charge >= 0.3 is 0 Å². The van der Waals surface area contributed by atoms with Crippen LogP contribution in [0.5, 0.6) is 0 Å². The van der Waals surface area contributed by atoms with Gasteiger partial charge in [-0.3, -0.25) is 4.90 Å². The highest BCUT2D eigenvalue weighted by atomic mass is 32.2. The minimum absolute atomic E-state index is 0.339. The summed E-state index contributed by atoms with van der Waals surface area (Å²) in [6.45, 7) is 8.20. The number of hydrogen-bond donors (Lipinski definition) is 1. The first kappa shape index (κ1) is 12.9. The molecule has 1 heterocycles. The van der Waals surface area contributed by atoms with Crippen molar-refractivity contribution in [2.24, 2.45) is 0 Å². The highest BCUT2D eigenvalue weighted by molar-refractivity contribution is 7.90. The molecule has 0 aliphatic carbocycles. The fourth-order valence-electron chi connectivity index (χ4n) is 1.92. The summed E-state index contributed by atoms with van der Waals surface area (Å²) in [6.07, 6.45) is 2.29. The maximum Gasteiger partial charge on any atom is 0.213 e. The molecule has 0 bridgehead atoms. The summed E-state index contributed by atoms with van der Waals surface area (Å²) < 4.78 is 25.8. The molecule has 0 aromatic rings. The Morgan fingerprint density at radius 3 is 2.67 bits per heavy atom. The smallest absolute Gasteiger partial charge is 0.213 e. The highest BCUT2D eigenvalue weighted by Gasteiger charge is 2.25. The average Bonchev–Trinajstić information content (AvgIpc) is 2.61. The normalized spacial score (nSPS) is 23.9. The molecule has 1 saturated heterocycles. The van der Waals surface area contributed by atoms with Crippen LogP contribution in [0.15, 0.2) is 0 Å². The molecule has 0 spiro atoms. The number of hydrogen-bond acceptors (Lipinski definition) is 3. The lowest BCUT2D eigenvalue weighted by molar-refractivity contribution is 0.268. The van der Waals surface area contributed by atoms with E-state index < -0.39 is 10.0 Å². The van der Waals surface area contributed by atoms with Gasteiger partial charge in [-0.2, -0.15) is 0 Å². The van der Waals surface area contributed by atoms with Gasteiger partial charge in [0.1, 0.15) is 0 Å². The molecule has 1 aliphatic rings. The van der Waals surface area contributed by atoms with E-state index in [4.69, 9.17) is 0 Å². The van der Waals surface area contributed by atoms with Crippen LogP contribution in [0.1, 0.15) is 33.6 Å². The van der Waals surface area contributed by atoms with Gasteiger partial charge in [0.25, 0.3) is 0 Å². The lowest BCUT2D eigenvalue weighted by atomic mass is 10.2. The third kappa shape index (κ3) is 3.43. The molecule has 1 rings (SSSR count). The first-order valence-electron chi connectivity index (χ1n) is 5.70.